The Bertz CT molecular complexity index is 401. The first kappa shape index (κ1) is 16.8. The van der Waals surface area contributed by atoms with Crippen LogP contribution in [0.2, 0.25) is 0 Å². The van der Waals surface area contributed by atoms with Crippen LogP contribution in [0.15, 0.2) is 0 Å². The molecule has 2 fully saturated rings. The summed E-state index contributed by atoms with van der Waals surface area (Å²) in [6.45, 7) is 12.8. The van der Waals surface area contributed by atoms with Gasteiger partial charge in [-0.25, -0.2) is 0 Å². The second-order valence-electron chi connectivity index (χ2n) is 8.76. The SMILES string of the molecule is CC(C)C1CCC(C(=O)O)(C2CC(C)(C)OC2(C)C)CC1. The number of rotatable bonds is 3. The molecule has 2 rings (SSSR count). The van der Waals surface area contributed by atoms with Crippen LogP contribution in [0.3, 0.4) is 0 Å². The minimum Gasteiger partial charge on any atom is -0.481 e. The fourth-order valence-corrected chi connectivity index (χ4v) is 4.96. The molecule has 3 nitrogen and oxygen atoms in total. The van der Waals surface area contributed by atoms with Gasteiger partial charge in [0, 0.05) is 5.92 Å². The van der Waals surface area contributed by atoms with Gasteiger partial charge in [0.15, 0.2) is 0 Å². The first-order valence-corrected chi connectivity index (χ1v) is 8.44. The fraction of sp³-hybridized carbons (Fsp3) is 0.944. The number of hydrogen-bond donors (Lipinski definition) is 1. The van der Waals surface area contributed by atoms with Crippen LogP contribution in [0.4, 0.5) is 0 Å². The molecule has 1 unspecified atom stereocenters. The predicted octanol–water partition coefficient (Wildman–Crippen LogP) is 4.50. The quantitative estimate of drug-likeness (QED) is 0.834. The Balaban J connectivity index is 2.27. The van der Waals surface area contributed by atoms with Crippen LogP contribution in [0.1, 0.15) is 73.6 Å². The zero-order valence-electron chi connectivity index (χ0n) is 14.5. The molecule has 3 heteroatoms. The van der Waals surface area contributed by atoms with Crippen molar-refractivity contribution in [2.75, 3.05) is 0 Å². The zero-order chi connectivity index (χ0) is 16.1. The molecule has 1 aliphatic heterocycles. The highest BCUT2D eigenvalue weighted by atomic mass is 16.5. The van der Waals surface area contributed by atoms with Crippen LogP contribution in [-0.4, -0.2) is 22.3 Å². The van der Waals surface area contributed by atoms with Gasteiger partial charge in [-0.1, -0.05) is 13.8 Å². The van der Waals surface area contributed by atoms with E-state index in [9.17, 15) is 9.90 Å². The number of carboxylic acids is 1. The fourth-order valence-electron chi connectivity index (χ4n) is 4.96. The zero-order valence-corrected chi connectivity index (χ0v) is 14.5. The summed E-state index contributed by atoms with van der Waals surface area (Å²) in [5.41, 5.74) is -1.17. The lowest BCUT2D eigenvalue weighted by Crippen LogP contribution is -2.48. The summed E-state index contributed by atoms with van der Waals surface area (Å²) in [6.07, 6.45) is 4.53. The molecule has 1 saturated carbocycles. The molecule has 1 atom stereocenters. The van der Waals surface area contributed by atoms with Gasteiger partial charge >= 0.3 is 5.97 Å². The predicted molar refractivity (Wildman–Crippen MR) is 84.2 cm³/mol. The van der Waals surface area contributed by atoms with Gasteiger partial charge in [0.25, 0.3) is 0 Å². The van der Waals surface area contributed by atoms with Crippen LogP contribution in [-0.2, 0) is 9.53 Å². The molecule has 1 aliphatic carbocycles. The Morgan fingerprint density at radius 3 is 2.00 bits per heavy atom. The first-order valence-electron chi connectivity index (χ1n) is 8.44. The van der Waals surface area contributed by atoms with Crippen molar-refractivity contribution in [3.05, 3.63) is 0 Å². The van der Waals surface area contributed by atoms with Crippen LogP contribution in [0.5, 0.6) is 0 Å². The second kappa shape index (κ2) is 5.26. The van der Waals surface area contributed by atoms with E-state index < -0.39 is 11.4 Å². The van der Waals surface area contributed by atoms with E-state index in [1.54, 1.807) is 0 Å². The lowest BCUT2D eigenvalue weighted by atomic mass is 9.58. The maximum atomic E-state index is 12.2. The summed E-state index contributed by atoms with van der Waals surface area (Å²) in [7, 11) is 0. The van der Waals surface area contributed by atoms with Gasteiger partial charge in [-0.3, -0.25) is 4.79 Å². The monoisotopic (exact) mass is 296 g/mol. The maximum absolute atomic E-state index is 12.2. The highest BCUT2D eigenvalue weighted by Gasteiger charge is 2.59. The Hall–Kier alpha value is -0.570. The van der Waals surface area contributed by atoms with E-state index in [0.717, 1.165) is 32.1 Å². The van der Waals surface area contributed by atoms with Crippen molar-refractivity contribution in [3.63, 3.8) is 0 Å². The lowest BCUT2D eigenvalue weighted by molar-refractivity contribution is -0.163. The number of aliphatic carboxylic acids is 1. The standard InChI is InChI=1S/C18H32O3/c1-12(2)13-7-9-18(10-8-13,15(19)20)14-11-16(3,4)21-17(14,5)6/h12-14H,7-11H2,1-6H3,(H,19,20). The summed E-state index contributed by atoms with van der Waals surface area (Å²) in [5.74, 6) is 0.826. The van der Waals surface area contributed by atoms with Crippen molar-refractivity contribution in [2.45, 2.75) is 84.8 Å². The highest BCUT2D eigenvalue weighted by molar-refractivity contribution is 5.75. The molecule has 0 amide bonds. The minimum atomic E-state index is -0.607. The van der Waals surface area contributed by atoms with Gasteiger partial charge in [0.05, 0.1) is 16.6 Å². The smallest absolute Gasteiger partial charge is 0.310 e. The molecule has 1 saturated heterocycles. The lowest BCUT2D eigenvalue weighted by Gasteiger charge is -2.45. The van der Waals surface area contributed by atoms with Crippen LogP contribution >= 0.6 is 0 Å². The molecule has 2 aliphatic rings. The van der Waals surface area contributed by atoms with Crippen LogP contribution in [0.25, 0.3) is 0 Å². The number of carbonyl (C=O) groups is 1. The van der Waals surface area contributed by atoms with E-state index >= 15 is 0 Å². The minimum absolute atomic E-state index is 0.102. The number of carboxylic acid groups (broad SMARTS) is 1. The first-order chi connectivity index (χ1) is 9.50. The van der Waals surface area contributed by atoms with Crippen LogP contribution < -0.4 is 0 Å². The molecule has 0 spiro atoms. The molecule has 0 radical (unpaired) electrons. The maximum Gasteiger partial charge on any atom is 0.310 e. The topological polar surface area (TPSA) is 46.5 Å². The third kappa shape index (κ3) is 2.99. The van der Waals surface area contributed by atoms with Gasteiger partial charge in [-0.05, 0) is 71.6 Å². The number of hydrogen-bond acceptors (Lipinski definition) is 2. The Labute approximate surface area is 129 Å². The van der Waals surface area contributed by atoms with Crippen molar-refractivity contribution in [2.24, 2.45) is 23.2 Å². The molecule has 0 aromatic heterocycles. The van der Waals surface area contributed by atoms with E-state index in [1.807, 2.05) is 0 Å². The molecular weight excluding hydrogens is 264 g/mol. The van der Waals surface area contributed by atoms with Crippen molar-refractivity contribution >= 4 is 5.97 Å². The molecule has 122 valence electrons. The van der Waals surface area contributed by atoms with Crippen molar-refractivity contribution in [1.82, 2.24) is 0 Å². The third-order valence-electron chi connectivity index (χ3n) is 6.03. The molecule has 1 heterocycles. The van der Waals surface area contributed by atoms with Crippen LogP contribution in [0, 0.1) is 23.2 Å². The molecule has 0 aromatic rings. The van der Waals surface area contributed by atoms with Gasteiger partial charge in [0.1, 0.15) is 0 Å². The Morgan fingerprint density at radius 1 is 1.14 bits per heavy atom. The van der Waals surface area contributed by atoms with Crippen molar-refractivity contribution < 1.29 is 14.6 Å². The van der Waals surface area contributed by atoms with E-state index in [2.05, 4.69) is 41.5 Å². The molecule has 0 bridgehead atoms. The average Bonchev–Trinajstić information content (AvgIpc) is 2.57. The number of ether oxygens (including phenoxy) is 1. The molecule has 21 heavy (non-hydrogen) atoms. The summed E-state index contributed by atoms with van der Waals surface area (Å²) in [4.78, 5) is 12.2. The van der Waals surface area contributed by atoms with E-state index in [4.69, 9.17) is 4.74 Å². The average molecular weight is 296 g/mol. The van der Waals surface area contributed by atoms with E-state index in [-0.39, 0.29) is 17.1 Å². The summed E-state index contributed by atoms with van der Waals surface area (Å²) < 4.78 is 6.19. The van der Waals surface area contributed by atoms with Gasteiger partial charge in [-0.2, -0.15) is 0 Å². The van der Waals surface area contributed by atoms with Gasteiger partial charge < -0.3 is 9.84 Å². The summed E-state index contributed by atoms with van der Waals surface area (Å²) in [6, 6.07) is 0. The van der Waals surface area contributed by atoms with Gasteiger partial charge in [-0.15, -0.1) is 0 Å². The molecule has 1 N–H and O–H groups in total. The Morgan fingerprint density at radius 2 is 1.67 bits per heavy atom. The summed E-state index contributed by atoms with van der Waals surface area (Å²) in [5, 5.41) is 10.0. The summed E-state index contributed by atoms with van der Waals surface area (Å²) >= 11 is 0. The molecular formula is C18H32O3. The van der Waals surface area contributed by atoms with Crippen molar-refractivity contribution in [1.29, 1.82) is 0 Å². The largest absolute Gasteiger partial charge is 0.481 e. The second-order valence-corrected chi connectivity index (χ2v) is 8.76. The Kier molecular flexibility index (Phi) is 4.20. The third-order valence-corrected chi connectivity index (χ3v) is 6.03. The normalized spacial score (nSPS) is 38.6. The highest BCUT2D eigenvalue weighted by Crippen LogP contribution is 2.57. The molecule has 0 aromatic carbocycles. The van der Waals surface area contributed by atoms with Gasteiger partial charge in [0.2, 0.25) is 0 Å². The van der Waals surface area contributed by atoms with Crippen molar-refractivity contribution in [3.8, 4) is 0 Å². The van der Waals surface area contributed by atoms with E-state index in [1.165, 1.54) is 0 Å². The van der Waals surface area contributed by atoms with E-state index in [0.29, 0.717) is 11.8 Å².